The average molecular weight is 272 g/mol. The van der Waals surface area contributed by atoms with Crippen molar-refractivity contribution in [3.8, 4) is 0 Å². The molecule has 0 radical (unpaired) electrons. The van der Waals surface area contributed by atoms with E-state index < -0.39 is 0 Å². The van der Waals surface area contributed by atoms with Gasteiger partial charge in [-0.3, -0.25) is 4.79 Å². The van der Waals surface area contributed by atoms with Gasteiger partial charge in [-0.25, -0.2) is 0 Å². The number of carbonyl (C=O) groups excluding carboxylic acids is 1. The number of nitrogens with one attached hydrogen (secondary N) is 2. The normalized spacial score (nSPS) is 22.1. The number of anilines is 2. The fourth-order valence-corrected chi connectivity index (χ4v) is 3.45. The van der Waals surface area contributed by atoms with Crippen LogP contribution in [0.15, 0.2) is 18.2 Å². The second-order valence-electron chi connectivity index (χ2n) is 6.33. The van der Waals surface area contributed by atoms with E-state index in [1.54, 1.807) is 0 Å². The van der Waals surface area contributed by atoms with Gasteiger partial charge in [-0.2, -0.15) is 0 Å². The van der Waals surface area contributed by atoms with Gasteiger partial charge in [-0.15, -0.1) is 0 Å². The zero-order valence-electron chi connectivity index (χ0n) is 12.2. The van der Waals surface area contributed by atoms with Gasteiger partial charge in [0.25, 0.3) is 0 Å². The molecule has 1 aliphatic carbocycles. The first-order valence-corrected chi connectivity index (χ1v) is 7.90. The summed E-state index contributed by atoms with van der Waals surface area (Å²) in [6.45, 7) is 2.19. The van der Waals surface area contributed by atoms with E-state index in [4.69, 9.17) is 0 Å². The third kappa shape index (κ3) is 2.97. The molecule has 1 unspecified atom stereocenters. The van der Waals surface area contributed by atoms with Crippen molar-refractivity contribution >= 4 is 17.3 Å². The molecular formula is C17H24N2O. The third-order valence-corrected chi connectivity index (χ3v) is 4.61. The van der Waals surface area contributed by atoms with E-state index in [-0.39, 0.29) is 5.91 Å². The molecule has 1 fully saturated rings. The molecule has 0 saturated heterocycles. The van der Waals surface area contributed by atoms with Crippen LogP contribution in [-0.4, -0.2) is 11.9 Å². The molecule has 1 amide bonds. The minimum absolute atomic E-state index is 0.172. The monoisotopic (exact) mass is 272 g/mol. The lowest BCUT2D eigenvalue weighted by Gasteiger charge is -2.26. The van der Waals surface area contributed by atoms with E-state index in [2.05, 4.69) is 23.6 Å². The summed E-state index contributed by atoms with van der Waals surface area (Å²) < 4.78 is 0. The van der Waals surface area contributed by atoms with Crippen LogP contribution in [0.5, 0.6) is 0 Å². The van der Waals surface area contributed by atoms with Crippen LogP contribution in [0.4, 0.5) is 11.4 Å². The summed E-state index contributed by atoms with van der Waals surface area (Å²) in [6, 6.07) is 6.69. The Balaban J connectivity index is 1.69. The number of fused-ring (bicyclic) bond motifs is 1. The molecule has 3 nitrogen and oxygen atoms in total. The fraction of sp³-hybridized carbons (Fsp3) is 0.588. The summed E-state index contributed by atoms with van der Waals surface area (Å²) in [7, 11) is 0. The molecule has 1 aromatic rings. The number of rotatable bonds is 3. The molecule has 20 heavy (non-hydrogen) atoms. The molecule has 3 rings (SSSR count). The molecule has 108 valence electrons. The van der Waals surface area contributed by atoms with Crippen molar-refractivity contribution in [1.82, 2.24) is 0 Å². The molecule has 0 aromatic heterocycles. The molecule has 3 heteroatoms. The first-order chi connectivity index (χ1) is 9.72. The van der Waals surface area contributed by atoms with Gasteiger partial charge in [0, 0.05) is 12.5 Å². The van der Waals surface area contributed by atoms with Crippen molar-refractivity contribution in [3.05, 3.63) is 23.8 Å². The van der Waals surface area contributed by atoms with Crippen LogP contribution in [0.1, 0.15) is 51.0 Å². The predicted octanol–water partition coefficient (Wildman–Crippen LogP) is 3.95. The number of hydrogen-bond donors (Lipinski definition) is 2. The quantitative estimate of drug-likeness (QED) is 0.874. The molecule has 2 aliphatic rings. The van der Waals surface area contributed by atoms with Gasteiger partial charge in [-0.05, 0) is 50.2 Å². The Morgan fingerprint density at radius 1 is 1.30 bits per heavy atom. The van der Waals surface area contributed by atoms with Crippen LogP contribution in [0.3, 0.4) is 0 Å². The first kappa shape index (κ1) is 13.5. The summed E-state index contributed by atoms with van der Waals surface area (Å²) in [5.41, 5.74) is 3.41. The third-order valence-electron chi connectivity index (χ3n) is 4.61. The Morgan fingerprint density at radius 2 is 2.10 bits per heavy atom. The number of benzene rings is 1. The van der Waals surface area contributed by atoms with Crippen LogP contribution in [0.25, 0.3) is 0 Å². The Hall–Kier alpha value is -1.51. The smallest absolute Gasteiger partial charge is 0.224 e. The molecular weight excluding hydrogens is 248 g/mol. The molecule has 1 aliphatic heterocycles. The highest BCUT2D eigenvalue weighted by Gasteiger charge is 2.21. The summed E-state index contributed by atoms with van der Waals surface area (Å²) in [6.07, 6.45) is 7.95. The van der Waals surface area contributed by atoms with E-state index in [0.29, 0.717) is 18.4 Å². The van der Waals surface area contributed by atoms with Crippen LogP contribution in [0, 0.1) is 5.92 Å². The highest BCUT2D eigenvalue weighted by Crippen LogP contribution is 2.33. The van der Waals surface area contributed by atoms with Crippen molar-refractivity contribution in [2.45, 2.75) is 57.9 Å². The summed E-state index contributed by atoms with van der Waals surface area (Å²) in [5, 5.41) is 6.63. The lowest BCUT2D eigenvalue weighted by atomic mass is 9.97. The maximum Gasteiger partial charge on any atom is 0.224 e. The van der Waals surface area contributed by atoms with Crippen LogP contribution < -0.4 is 10.6 Å². The van der Waals surface area contributed by atoms with E-state index in [0.717, 1.165) is 24.2 Å². The van der Waals surface area contributed by atoms with Crippen molar-refractivity contribution in [1.29, 1.82) is 0 Å². The van der Waals surface area contributed by atoms with Gasteiger partial charge >= 0.3 is 0 Å². The second kappa shape index (κ2) is 5.86. The summed E-state index contributed by atoms with van der Waals surface area (Å²) >= 11 is 0. The van der Waals surface area contributed by atoms with Gasteiger partial charge in [-0.1, -0.05) is 25.0 Å². The number of amides is 1. The number of hydrogen-bond acceptors (Lipinski definition) is 2. The Kier molecular flexibility index (Phi) is 3.95. The van der Waals surface area contributed by atoms with E-state index in [1.807, 2.05) is 12.1 Å². The lowest BCUT2D eigenvalue weighted by Crippen LogP contribution is -2.24. The number of carbonyl (C=O) groups is 1. The maximum atomic E-state index is 12.2. The van der Waals surface area contributed by atoms with Crippen molar-refractivity contribution < 1.29 is 4.79 Å². The molecule has 1 aromatic carbocycles. The highest BCUT2D eigenvalue weighted by atomic mass is 16.1. The Morgan fingerprint density at radius 3 is 2.90 bits per heavy atom. The molecule has 1 heterocycles. The predicted molar refractivity (Wildman–Crippen MR) is 83.1 cm³/mol. The van der Waals surface area contributed by atoms with Gasteiger partial charge in [0.1, 0.15) is 0 Å². The Labute approximate surface area is 121 Å². The molecule has 2 N–H and O–H groups in total. The van der Waals surface area contributed by atoms with Crippen LogP contribution >= 0.6 is 0 Å². The molecule has 0 spiro atoms. The largest absolute Gasteiger partial charge is 0.381 e. The zero-order chi connectivity index (χ0) is 13.9. The molecule has 1 saturated carbocycles. The van der Waals surface area contributed by atoms with Gasteiger partial charge < -0.3 is 10.6 Å². The van der Waals surface area contributed by atoms with Crippen molar-refractivity contribution in [3.63, 3.8) is 0 Å². The standard InChI is InChI=1S/C17H24N2O/c1-12-9-10-14-7-4-8-15(17(14)18-12)19-16(20)11-13-5-2-3-6-13/h4,7-8,12-13,18H,2-3,5-6,9-11H2,1H3,(H,19,20). The maximum absolute atomic E-state index is 12.2. The number of para-hydroxylation sites is 1. The lowest BCUT2D eigenvalue weighted by molar-refractivity contribution is -0.117. The molecule has 0 bridgehead atoms. The van der Waals surface area contributed by atoms with Crippen molar-refractivity contribution in [2.75, 3.05) is 10.6 Å². The van der Waals surface area contributed by atoms with Gasteiger partial charge in [0.05, 0.1) is 11.4 Å². The van der Waals surface area contributed by atoms with Gasteiger partial charge in [0.2, 0.25) is 5.91 Å². The van der Waals surface area contributed by atoms with E-state index in [1.165, 1.54) is 31.2 Å². The second-order valence-corrected chi connectivity index (χ2v) is 6.33. The summed E-state index contributed by atoms with van der Waals surface area (Å²) in [4.78, 5) is 12.2. The topological polar surface area (TPSA) is 41.1 Å². The minimum Gasteiger partial charge on any atom is -0.381 e. The van der Waals surface area contributed by atoms with Gasteiger partial charge in [0.15, 0.2) is 0 Å². The van der Waals surface area contributed by atoms with Crippen molar-refractivity contribution in [2.24, 2.45) is 5.92 Å². The Bertz CT molecular complexity index is 492. The number of aryl methyl sites for hydroxylation is 1. The zero-order valence-corrected chi connectivity index (χ0v) is 12.2. The van der Waals surface area contributed by atoms with Crippen LogP contribution in [0.2, 0.25) is 0 Å². The SMILES string of the molecule is CC1CCc2cccc(NC(=O)CC3CCCC3)c2N1. The van der Waals surface area contributed by atoms with E-state index >= 15 is 0 Å². The first-order valence-electron chi connectivity index (χ1n) is 7.90. The fourth-order valence-electron chi connectivity index (χ4n) is 3.45. The molecule has 1 atom stereocenters. The summed E-state index contributed by atoms with van der Waals surface area (Å²) in [5.74, 6) is 0.770. The van der Waals surface area contributed by atoms with E-state index in [9.17, 15) is 4.79 Å². The van der Waals surface area contributed by atoms with Crippen LogP contribution in [-0.2, 0) is 11.2 Å². The highest BCUT2D eigenvalue weighted by molar-refractivity contribution is 5.95. The minimum atomic E-state index is 0.172. The average Bonchev–Trinajstić information content (AvgIpc) is 2.92.